The van der Waals surface area contributed by atoms with Crippen molar-refractivity contribution in [3.05, 3.63) is 157 Å². The van der Waals surface area contributed by atoms with Gasteiger partial charge in [-0.1, -0.05) is 79.5 Å². The van der Waals surface area contributed by atoms with E-state index in [4.69, 9.17) is 11.6 Å². The Labute approximate surface area is 412 Å². The summed E-state index contributed by atoms with van der Waals surface area (Å²) in [5.74, 6) is -1.05. The van der Waals surface area contributed by atoms with E-state index in [9.17, 15) is 38.3 Å². The maximum absolute atomic E-state index is 12.7. The molecule has 0 radical (unpaired) electrons. The molecule has 0 saturated carbocycles. The molecule has 6 aromatic rings. The highest BCUT2D eigenvalue weighted by atomic mass is 79.9. The lowest BCUT2D eigenvalue weighted by molar-refractivity contribution is -0.307. The number of aliphatic imine (C=N–C) groups is 4. The number of benzene rings is 5. The van der Waals surface area contributed by atoms with Gasteiger partial charge in [-0.15, -0.1) is 0 Å². The van der Waals surface area contributed by atoms with Crippen LogP contribution in [0.4, 0.5) is 27.1 Å². The highest BCUT2D eigenvalue weighted by Crippen LogP contribution is 2.28. The molecule has 4 aliphatic heterocycles. The first-order valence-corrected chi connectivity index (χ1v) is 22.3. The van der Waals surface area contributed by atoms with Crippen LogP contribution in [0.3, 0.4) is 0 Å². The maximum Gasteiger partial charge on any atom is 0.260 e. The second-order valence-electron chi connectivity index (χ2n) is 16.5. The smallest absolute Gasteiger partial charge is 0.260 e. The van der Waals surface area contributed by atoms with Gasteiger partial charge >= 0.3 is 0 Å². The SMILES string of the molecule is C.CC(C)(C)CC(=O)[O-].Cc1ccc2ncn(C)c(=O)c2c1.O=C1CC=Nc2ccc(Br)cc21.O=C1CC=Nc2ccc(Cl)cc21.O=C1CC=Nc2ccc(F)cc21.O=C1CC=Nc2ccccc21. The summed E-state index contributed by atoms with van der Waals surface area (Å²) < 4.78 is 15.1. The molecule has 69 heavy (non-hydrogen) atoms. The van der Waals surface area contributed by atoms with Crippen LogP contribution in [0.25, 0.3) is 10.9 Å². The Morgan fingerprint density at radius 2 is 1.14 bits per heavy atom. The second-order valence-corrected chi connectivity index (χ2v) is 17.9. The van der Waals surface area contributed by atoms with Gasteiger partial charge in [-0.25, -0.2) is 9.37 Å². The summed E-state index contributed by atoms with van der Waals surface area (Å²) in [7, 11) is 1.71. The fourth-order valence-electron chi connectivity index (χ4n) is 6.46. The summed E-state index contributed by atoms with van der Waals surface area (Å²) in [5, 5.41) is 11.2. The highest BCUT2D eigenvalue weighted by molar-refractivity contribution is 9.10. The largest absolute Gasteiger partial charge is 0.550 e. The first kappa shape index (κ1) is 54.4. The van der Waals surface area contributed by atoms with E-state index in [1.54, 1.807) is 56.4 Å². The zero-order valence-electron chi connectivity index (χ0n) is 37.8. The molecule has 0 bridgehead atoms. The molecule has 5 heterocycles. The average Bonchev–Trinajstić information content (AvgIpc) is 3.29. The van der Waals surface area contributed by atoms with Gasteiger partial charge in [0.25, 0.3) is 5.56 Å². The van der Waals surface area contributed by atoms with E-state index < -0.39 is 5.97 Å². The van der Waals surface area contributed by atoms with Crippen molar-refractivity contribution in [2.75, 3.05) is 0 Å². The van der Waals surface area contributed by atoms with Crippen molar-refractivity contribution < 1.29 is 33.5 Å². The number of carbonyl (C=O) groups excluding carboxylic acids is 5. The van der Waals surface area contributed by atoms with Crippen LogP contribution in [0.2, 0.25) is 5.02 Å². The molecule has 13 nitrogen and oxygen atoms in total. The van der Waals surface area contributed by atoms with E-state index in [1.807, 2.05) is 88.4 Å². The fraction of sp³-hybridized carbons (Fsp3) is 0.226. The molecule has 0 saturated heterocycles. The highest BCUT2D eigenvalue weighted by Gasteiger charge is 2.17. The van der Waals surface area contributed by atoms with Crippen molar-refractivity contribution in [2.45, 2.75) is 67.2 Å². The second kappa shape index (κ2) is 25.2. The Hall–Kier alpha value is -7.23. The molecule has 1 aromatic heterocycles. The molecule has 0 fully saturated rings. The number of aryl methyl sites for hydroxylation is 2. The zero-order valence-corrected chi connectivity index (χ0v) is 40.2. The molecule has 0 spiro atoms. The maximum atomic E-state index is 12.7. The molecule has 0 N–H and O–H groups in total. The minimum atomic E-state index is -0.975. The van der Waals surface area contributed by atoms with E-state index in [0.717, 1.165) is 38.2 Å². The minimum absolute atomic E-state index is 0. The number of carbonyl (C=O) groups is 5. The molecule has 0 amide bonds. The number of carboxylic acids is 1. The lowest BCUT2D eigenvalue weighted by atomic mass is 9.93. The zero-order chi connectivity index (χ0) is 49.5. The van der Waals surface area contributed by atoms with Gasteiger partial charge in [-0.2, -0.15) is 0 Å². The number of aromatic nitrogens is 2. The number of nitrogens with zero attached hydrogens (tertiary/aromatic N) is 6. The van der Waals surface area contributed by atoms with Crippen LogP contribution in [-0.2, 0) is 11.8 Å². The topological polar surface area (TPSA) is 193 Å². The van der Waals surface area contributed by atoms with Gasteiger partial charge in [0, 0.05) is 95.3 Å². The predicted octanol–water partition coefficient (Wildman–Crippen LogP) is 11.5. The van der Waals surface area contributed by atoms with Crippen LogP contribution < -0.4 is 10.7 Å². The number of aliphatic carboxylic acids is 1. The number of ketones is 4. The van der Waals surface area contributed by atoms with Gasteiger partial charge in [0.05, 0.1) is 40.0 Å². The van der Waals surface area contributed by atoms with Crippen molar-refractivity contribution in [1.82, 2.24) is 9.55 Å². The predicted molar refractivity (Wildman–Crippen MR) is 274 cm³/mol. The molecule has 0 aliphatic carbocycles. The third-order valence-electron chi connectivity index (χ3n) is 9.76. The summed E-state index contributed by atoms with van der Waals surface area (Å²) in [4.78, 5) is 86.9. The number of carboxylic acid groups (broad SMARTS) is 1. The van der Waals surface area contributed by atoms with Crippen LogP contribution in [0.1, 0.15) is 107 Å². The summed E-state index contributed by atoms with van der Waals surface area (Å²) in [6.07, 6.45) is 9.67. The number of Topliss-reactive ketones (excluding diaryl/α,β-unsaturated/α-hetero) is 4. The molecule has 5 aromatic carbocycles. The first-order chi connectivity index (χ1) is 32.3. The number of rotatable bonds is 1. The van der Waals surface area contributed by atoms with Gasteiger partial charge in [-0.05, 0) is 97.6 Å². The van der Waals surface area contributed by atoms with Crippen molar-refractivity contribution in [2.24, 2.45) is 32.4 Å². The number of para-hydroxylation sites is 1. The third kappa shape index (κ3) is 16.2. The van der Waals surface area contributed by atoms with E-state index in [-0.39, 0.29) is 60.2 Å². The Morgan fingerprint density at radius 1 is 0.667 bits per heavy atom. The fourth-order valence-corrected chi connectivity index (χ4v) is 6.99. The van der Waals surface area contributed by atoms with Gasteiger partial charge < -0.3 is 14.5 Å². The Bertz CT molecular complexity index is 2900. The van der Waals surface area contributed by atoms with Gasteiger partial charge in [0.15, 0.2) is 23.1 Å². The van der Waals surface area contributed by atoms with E-state index >= 15 is 0 Å². The Kier molecular flexibility index (Phi) is 19.9. The van der Waals surface area contributed by atoms with Gasteiger partial charge in [0.1, 0.15) is 5.82 Å². The molecular formula is C53H50BrClFN6O7-. The molecule has 0 unspecified atom stereocenters. The molecule has 4 aliphatic rings. The molecule has 16 heteroatoms. The lowest BCUT2D eigenvalue weighted by Crippen LogP contribution is -2.27. The first-order valence-electron chi connectivity index (χ1n) is 21.1. The number of hydrogen-bond acceptors (Lipinski definition) is 12. The van der Waals surface area contributed by atoms with Crippen molar-refractivity contribution in [3.8, 4) is 0 Å². The summed E-state index contributed by atoms with van der Waals surface area (Å²) in [6, 6.07) is 27.8. The van der Waals surface area contributed by atoms with Crippen molar-refractivity contribution in [3.63, 3.8) is 0 Å². The van der Waals surface area contributed by atoms with E-state index in [2.05, 4.69) is 40.9 Å². The lowest BCUT2D eigenvalue weighted by Gasteiger charge is -2.17. The van der Waals surface area contributed by atoms with Crippen molar-refractivity contribution >= 4 is 115 Å². The van der Waals surface area contributed by atoms with Gasteiger partial charge in [-0.3, -0.25) is 43.9 Å². The Morgan fingerprint density at radius 3 is 1.67 bits per heavy atom. The van der Waals surface area contributed by atoms with E-state index in [1.165, 1.54) is 22.8 Å². The van der Waals surface area contributed by atoms with Crippen LogP contribution >= 0.6 is 27.5 Å². The normalized spacial score (nSPS) is 13.3. The third-order valence-corrected chi connectivity index (χ3v) is 10.5. The van der Waals surface area contributed by atoms with Crippen molar-refractivity contribution in [1.29, 1.82) is 0 Å². The Balaban J connectivity index is 0.000000181. The molecule has 0 atom stereocenters. The average molecular weight is 1020 g/mol. The molecule has 356 valence electrons. The monoisotopic (exact) mass is 1020 g/mol. The number of fused-ring (bicyclic) bond motifs is 5. The minimum Gasteiger partial charge on any atom is -0.550 e. The summed E-state index contributed by atoms with van der Waals surface area (Å²) in [6.45, 7) is 7.56. The van der Waals surface area contributed by atoms with Crippen LogP contribution in [-0.4, -0.2) is 63.5 Å². The van der Waals surface area contributed by atoms with Gasteiger partial charge in [0.2, 0.25) is 0 Å². The van der Waals surface area contributed by atoms with Crippen LogP contribution in [0.5, 0.6) is 0 Å². The van der Waals surface area contributed by atoms with E-state index in [0.29, 0.717) is 52.0 Å². The summed E-state index contributed by atoms with van der Waals surface area (Å²) in [5.41, 5.74) is 7.03. The standard InChI is InChI=1S/C10H10N2O.C9H6BrNO.C9H6ClNO.C9H6FNO.C9H7NO.C6H12O2.CH4/c1-7-3-4-9-8(5-7)10(13)12(2)6-11-9;3*10-6-1-2-8-7(5-6)9(12)3-4-11-8;11-9-5-6-10-8-4-2-1-3-7(8)9;1-6(2,3)4-5(7)8;/h3-6H,1-2H3;3*1-2,4-5H,3H2;1-4,6H,5H2;4H2,1-3H3,(H,7,8);1H4/p-1. The molecular weight excluding hydrogens is 967 g/mol. The van der Waals surface area contributed by atoms with Crippen LogP contribution in [0.15, 0.2) is 133 Å². The number of halogens is 3. The summed E-state index contributed by atoms with van der Waals surface area (Å²) >= 11 is 9.05. The number of hydrogen-bond donors (Lipinski definition) is 0. The quantitative estimate of drug-likeness (QED) is 0.155. The molecule has 10 rings (SSSR count). The van der Waals surface area contributed by atoms with Crippen LogP contribution in [0, 0.1) is 18.2 Å².